The second kappa shape index (κ2) is 7.45. The van der Waals surface area contributed by atoms with Crippen molar-refractivity contribution >= 4 is 23.5 Å². The van der Waals surface area contributed by atoms with Crippen molar-refractivity contribution in [3.63, 3.8) is 0 Å². The predicted molar refractivity (Wildman–Crippen MR) is 74.1 cm³/mol. The van der Waals surface area contributed by atoms with E-state index in [1.807, 2.05) is 35.9 Å². The summed E-state index contributed by atoms with van der Waals surface area (Å²) >= 11 is 3.91. The topological polar surface area (TPSA) is 57.4 Å². The van der Waals surface area contributed by atoms with Crippen molar-refractivity contribution in [2.45, 2.75) is 17.9 Å². The van der Waals surface area contributed by atoms with Crippen LogP contribution in [0, 0.1) is 0 Å². The largest absolute Gasteiger partial charge is 0.348 e. The van der Waals surface area contributed by atoms with E-state index in [0.29, 0.717) is 0 Å². The van der Waals surface area contributed by atoms with Crippen LogP contribution in [-0.4, -0.2) is 31.4 Å². The minimum Gasteiger partial charge on any atom is -0.348 e. The Morgan fingerprint density at radius 1 is 0.882 bits per heavy atom. The van der Waals surface area contributed by atoms with E-state index in [-0.39, 0.29) is 0 Å². The van der Waals surface area contributed by atoms with E-state index in [2.05, 4.69) is 19.9 Å². The molecule has 92 valence electrons. The third-order valence-corrected chi connectivity index (χ3v) is 4.39. The number of thioether (sulfide) groups is 2. The third-order valence-electron chi connectivity index (χ3n) is 2.20. The predicted octanol–water partition coefficient (Wildman–Crippen LogP) is 2.69. The minimum atomic E-state index is 1.03. The molecule has 0 saturated heterocycles. The van der Waals surface area contributed by atoms with Crippen LogP contribution in [0.25, 0.3) is 0 Å². The molecular formula is C11H16N4S2. The van der Waals surface area contributed by atoms with Crippen LogP contribution in [0.2, 0.25) is 0 Å². The number of aromatic nitrogens is 4. The van der Waals surface area contributed by atoms with E-state index in [1.165, 1.54) is 29.3 Å². The molecule has 6 heteroatoms. The maximum absolute atomic E-state index is 4.00. The molecule has 0 aliphatic carbocycles. The number of hydrogen-bond donors (Lipinski definition) is 2. The fourth-order valence-corrected chi connectivity index (χ4v) is 3.28. The van der Waals surface area contributed by atoms with Crippen molar-refractivity contribution in [3.05, 3.63) is 36.4 Å². The maximum atomic E-state index is 4.00. The Hall–Kier alpha value is -0.880. The first kappa shape index (κ1) is 12.6. The van der Waals surface area contributed by atoms with Gasteiger partial charge in [0.05, 0.1) is 12.7 Å². The maximum Gasteiger partial charge on any atom is 0.0921 e. The van der Waals surface area contributed by atoms with Crippen LogP contribution in [0.15, 0.2) is 25.0 Å². The van der Waals surface area contributed by atoms with Gasteiger partial charge in [-0.15, -0.1) is 0 Å². The molecule has 2 heterocycles. The lowest BCUT2D eigenvalue weighted by Gasteiger charge is -2.00. The monoisotopic (exact) mass is 268 g/mol. The third kappa shape index (κ3) is 4.87. The van der Waals surface area contributed by atoms with Gasteiger partial charge in [-0.05, 0) is 17.9 Å². The van der Waals surface area contributed by atoms with Gasteiger partial charge >= 0.3 is 0 Å². The van der Waals surface area contributed by atoms with Gasteiger partial charge in [0.1, 0.15) is 0 Å². The molecule has 0 radical (unpaired) electrons. The second-order valence-corrected chi connectivity index (χ2v) is 5.82. The lowest BCUT2D eigenvalue weighted by atomic mass is 10.6. The first-order chi connectivity index (χ1) is 8.45. The van der Waals surface area contributed by atoms with Crippen molar-refractivity contribution in [3.8, 4) is 0 Å². The van der Waals surface area contributed by atoms with E-state index in [0.717, 1.165) is 11.5 Å². The summed E-state index contributed by atoms with van der Waals surface area (Å²) in [4.78, 5) is 14.2. The van der Waals surface area contributed by atoms with Gasteiger partial charge in [0, 0.05) is 35.3 Å². The molecule has 0 saturated carbocycles. The molecule has 4 nitrogen and oxygen atoms in total. The smallest absolute Gasteiger partial charge is 0.0921 e. The highest BCUT2D eigenvalue weighted by atomic mass is 32.2. The Morgan fingerprint density at radius 3 is 1.82 bits per heavy atom. The zero-order valence-electron chi connectivity index (χ0n) is 9.56. The van der Waals surface area contributed by atoms with Gasteiger partial charge in [0.15, 0.2) is 0 Å². The Kier molecular flexibility index (Phi) is 5.51. The lowest BCUT2D eigenvalue weighted by Crippen LogP contribution is -1.88. The van der Waals surface area contributed by atoms with Crippen molar-refractivity contribution in [2.24, 2.45) is 0 Å². The lowest BCUT2D eigenvalue weighted by molar-refractivity contribution is 1.11. The second-order valence-electron chi connectivity index (χ2n) is 3.61. The molecule has 0 spiro atoms. The summed E-state index contributed by atoms with van der Waals surface area (Å²) in [7, 11) is 0. The summed E-state index contributed by atoms with van der Waals surface area (Å²) in [6.07, 6.45) is 8.49. The number of H-pyrrole nitrogens is 2. The molecule has 0 aromatic carbocycles. The molecule has 0 bridgehead atoms. The van der Waals surface area contributed by atoms with Crippen LogP contribution < -0.4 is 0 Å². The van der Waals surface area contributed by atoms with Crippen molar-refractivity contribution < 1.29 is 0 Å². The molecule has 2 N–H and O–H groups in total. The molecule has 0 fully saturated rings. The average Bonchev–Trinajstić information content (AvgIpc) is 3.00. The van der Waals surface area contributed by atoms with Gasteiger partial charge in [-0.25, -0.2) is 9.97 Å². The molecule has 2 aromatic heterocycles. The van der Waals surface area contributed by atoms with Crippen molar-refractivity contribution in [1.82, 2.24) is 19.9 Å². The molecule has 0 aliphatic rings. The van der Waals surface area contributed by atoms with Crippen LogP contribution in [0.4, 0.5) is 0 Å². The number of aromatic amines is 2. The summed E-state index contributed by atoms with van der Waals surface area (Å²) in [5.74, 6) is 4.47. The van der Waals surface area contributed by atoms with Gasteiger partial charge in [-0.3, -0.25) is 0 Å². The average molecular weight is 268 g/mol. The molecular weight excluding hydrogens is 252 g/mol. The Morgan fingerprint density at radius 2 is 1.41 bits per heavy atom. The van der Waals surface area contributed by atoms with Crippen LogP contribution in [-0.2, 0) is 11.5 Å². The zero-order chi connectivity index (χ0) is 11.8. The molecule has 0 aliphatic heterocycles. The summed E-state index contributed by atoms with van der Waals surface area (Å²) < 4.78 is 0. The van der Waals surface area contributed by atoms with E-state index >= 15 is 0 Å². The normalized spacial score (nSPS) is 10.8. The number of nitrogens with zero attached hydrogens (tertiary/aromatic N) is 2. The summed E-state index contributed by atoms with van der Waals surface area (Å²) in [5, 5.41) is 0. The first-order valence-electron chi connectivity index (χ1n) is 5.55. The Labute approximate surface area is 109 Å². The van der Waals surface area contributed by atoms with Gasteiger partial charge in [0.25, 0.3) is 0 Å². The van der Waals surface area contributed by atoms with Crippen LogP contribution >= 0.6 is 23.5 Å². The number of nitrogens with one attached hydrogen (secondary N) is 2. The molecule has 0 atom stereocenters. The van der Waals surface area contributed by atoms with Crippen LogP contribution in [0.1, 0.15) is 17.8 Å². The molecule has 2 aromatic rings. The summed E-state index contributed by atoms with van der Waals surface area (Å²) in [6, 6.07) is 0. The van der Waals surface area contributed by atoms with E-state index in [1.54, 1.807) is 12.7 Å². The van der Waals surface area contributed by atoms with E-state index in [4.69, 9.17) is 0 Å². The quantitative estimate of drug-likeness (QED) is 0.723. The van der Waals surface area contributed by atoms with Gasteiger partial charge < -0.3 is 9.97 Å². The fraction of sp³-hybridized carbons (Fsp3) is 0.455. The van der Waals surface area contributed by atoms with Crippen molar-refractivity contribution in [2.75, 3.05) is 11.5 Å². The first-order valence-corrected chi connectivity index (χ1v) is 7.86. The number of imidazole rings is 2. The molecule has 2 rings (SSSR count). The fourth-order valence-electron chi connectivity index (χ4n) is 1.35. The van der Waals surface area contributed by atoms with Gasteiger partial charge in [-0.1, -0.05) is 0 Å². The Bertz CT molecular complexity index is 347. The highest BCUT2D eigenvalue weighted by Crippen LogP contribution is 2.14. The Balaban J connectivity index is 1.44. The van der Waals surface area contributed by atoms with Gasteiger partial charge in [0.2, 0.25) is 0 Å². The molecule has 17 heavy (non-hydrogen) atoms. The zero-order valence-corrected chi connectivity index (χ0v) is 11.2. The summed E-state index contributed by atoms with van der Waals surface area (Å²) in [5.41, 5.74) is 2.42. The number of hydrogen-bond acceptors (Lipinski definition) is 4. The van der Waals surface area contributed by atoms with E-state index in [9.17, 15) is 0 Å². The number of rotatable bonds is 8. The molecule has 0 amide bonds. The van der Waals surface area contributed by atoms with Crippen LogP contribution in [0.5, 0.6) is 0 Å². The van der Waals surface area contributed by atoms with Crippen LogP contribution in [0.3, 0.4) is 0 Å². The summed E-state index contributed by atoms with van der Waals surface area (Å²) in [6.45, 7) is 0. The highest BCUT2D eigenvalue weighted by molar-refractivity contribution is 7.99. The van der Waals surface area contributed by atoms with Gasteiger partial charge in [-0.2, -0.15) is 23.5 Å². The molecule has 0 unspecified atom stereocenters. The van der Waals surface area contributed by atoms with Crippen molar-refractivity contribution in [1.29, 1.82) is 0 Å². The highest BCUT2D eigenvalue weighted by Gasteiger charge is 1.96. The standard InChI is InChI=1S/C11H16N4S2/c1(2-16-6-10-4-12-8-14-10)3-17-7-11-5-13-9-15-11/h4-5,8-9H,1-3,6-7H2,(H,12,14)(H,13,15). The minimum absolute atomic E-state index is 1.03. The van der Waals surface area contributed by atoms with E-state index < -0.39 is 0 Å². The SMILES string of the molecule is c1ncc(CSCCCSCc2cnc[nH]2)[nH]1.